The molecule has 0 bridgehead atoms. The van der Waals surface area contributed by atoms with Crippen molar-refractivity contribution >= 4 is 11.9 Å². The topological polar surface area (TPSA) is 52.8 Å². The van der Waals surface area contributed by atoms with E-state index in [1.165, 1.54) is 0 Å². The van der Waals surface area contributed by atoms with Gasteiger partial charge in [0.1, 0.15) is 11.5 Å². The van der Waals surface area contributed by atoms with Gasteiger partial charge in [0, 0.05) is 6.21 Å². The first-order chi connectivity index (χ1) is 8.15. The third kappa shape index (κ3) is 2.84. The van der Waals surface area contributed by atoms with Crippen LogP contribution in [0.15, 0.2) is 47.5 Å². The highest BCUT2D eigenvalue weighted by Crippen LogP contribution is 2.22. The second-order valence-corrected chi connectivity index (χ2v) is 3.82. The van der Waals surface area contributed by atoms with Gasteiger partial charge in [-0.3, -0.25) is 4.99 Å². The van der Waals surface area contributed by atoms with Gasteiger partial charge in [-0.15, -0.1) is 0 Å². The summed E-state index contributed by atoms with van der Waals surface area (Å²) in [5, 5.41) is 18.5. The highest BCUT2D eigenvalue weighted by atomic mass is 16.3. The highest BCUT2D eigenvalue weighted by molar-refractivity contribution is 5.82. The number of hydrogen-bond donors (Lipinski definition) is 2. The third-order valence-corrected chi connectivity index (χ3v) is 2.44. The summed E-state index contributed by atoms with van der Waals surface area (Å²) in [5.74, 6) is 0.510. The average molecular weight is 227 g/mol. The van der Waals surface area contributed by atoms with Gasteiger partial charge in [-0.25, -0.2) is 0 Å². The Labute approximate surface area is 99.7 Å². The molecule has 2 aromatic carbocycles. The molecule has 0 saturated heterocycles. The molecule has 0 amide bonds. The number of aliphatic imine (C=N–C) groups is 1. The van der Waals surface area contributed by atoms with Crippen molar-refractivity contribution in [3.8, 4) is 11.5 Å². The minimum absolute atomic E-state index is 0.239. The van der Waals surface area contributed by atoms with Crippen LogP contribution in [0.5, 0.6) is 11.5 Å². The van der Waals surface area contributed by atoms with Gasteiger partial charge in [-0.1, -0.05) is 0 Å². The van der Waals surface area contributed by atoms with Gasteiger partial charge in [-0.05, 0) is 60.5 Å². The normalized spacial score (nSPS) is 10.9. The maximum Gasteiger partial charge on any atom is 0.118 e. The van der Waals surface area contributed by atoms with Crippen LogP contribution >= 0.6 is 0 Å². The van der Waals surface area contributed by atoms with Crippen LogP contribution in [0.3, 0.4) is 0 Å². The first kappa shape index (κ1) is 11.2. The molecule has 2 aromatic rings. The molecule has 0 spiro atoms. The standard InChI is InChI=1S/C14H13NO2/c1-10-8-12(4-7-14(10)17)15-9-11-2-5-13(16)6-3-11/h2-9,16-17H,1H3. The van der Waals surface area contributed by atoms with Crippen molar-refractivity contribution < 1.29 is 10.2 Å². The van der Waals surface area contributed by atoms with Gasteiger partial charge in [0.05, 0.1) is 5.69 Å². The van der Waals surface area contributed by atoms with Crippen molar-refractivity contribution in [1.29, 1.82) is 0 Å². The lowest BCUT2D eigenvalue weighted by Crippen LogP contribution is -1.79. The fourth-order valence-corrected chi connectivity index (χ4v) is 1.43. The Hall–Kier alpha value is -2.29. The molecular formula is C14H13NO2. The largest absolute Gasteiger partial charge is 0.508 e. The Morgan fingerprint density at radius 3 is 2.35 bits per heavy atom. The summed E-state index contributed by atoms with van der Waals surface area (Å²) in [7, 11) is 0. The lowest BCUT2D eigenvalue weighted by molar-refractivity contribution is 0.471. The van der Waals surface area contributed by atoms with E-state index in [0.717, 1.165) is 16.8 Å². The quantitative estimate of drug-likeness (QED) is 0.774. The van der Waals surface area contributed by atoms with Gasteiger partial charge < -0.3 is 10.2 Å². The predicted octanol–water partition coefficient (Wildman–Crippen LogP) is 3.16. The van der Waals surface area contributed by atoms with Crippen molar-refractivity contribution in [2.75, 3.05) is 0 Å². The number of phenols is 2. The number of aromatic hydroxyl groups is 2. The molecule has 17 heavy (non-hydrogen) atoms. The first-order valence-electron chi connectivity index (χ1n) is 5.28. The maximum atomic E-state index is 9.38. The SMILES string of the molecule is Cc1cc(N=Cc2ccc(O)cc2)ccc1O. The minimum atomic E-state index is 0.239. The van der Waals surface area contributed by atoms with Gasteiger partial charge in [0.25, 0.3) is 0 Å². The molecule has 0 atom stereocenters. The van der Waals surface area contributed by atoms with Crippen molar-refractivity contribution in [2.45, 2.75) is 6.92 Å². The Morgan fingerprint density at radius 1 is 1.00 bits per heavy atom. The molecule has 3 heteroatoms. The van der Waals surface area contributed by atoms with Crippen molar-refractivity contribution in [1.82, 2.24) is 0 Å². The molecule has 0 saturated carbocycles. The van der Waals surface area contributed by atoms with Crippen molar-refractivity contribution in [3.05, 3.63) is 53.6 Å². The fraction of sp³-hybridized carbons (Fsp3) is 0.0714. The number of benzene rings is 2. The number of rotatable bonds is 2. The van der Waals surface area contributed by atoms with Crippen LogP contribution in [0.25, 0.3) is 0 Å². The summed E-state index contributed by atoms with van der Waals surface area (Å²) in [6, 6.07) is 12.0. The van der Waals surface area contributed by atoms with Crippen LogP contribution in [-0.4, -0.2) is 16.4 Å². The van der Waals surface area contributed by atoms with Crippen LogP contribution in [0.4, 0.5) is 5.69 Å². The molecule has 0 heterocycles. The van der Waals surface area contributed by atoms with Crippen LogP contribution in [-0.2, 0) is 0 Å². The number of phenolic OH excluding ortho intramolecular Hbond substituents is 2. The minimum Gasteiger partial charge on any atom is -0.508 e. The van der Waals surface area contributed by atoms with Crippen LogP contribution < -0.4 is 0 Å². The van der Waals surface area contributed by atoms with Crippen LogP contribution in [0.2, 0.25) is 0 Å². The highest BCUT2D eigenvalue weighted by Gasteiger charge is 1.96. The van der Waals surface area contributed by atoms with Gasteiger partial charge >= 0.3 is 0 Å². The summed E-state index contributed by atoms with van der Waals surface area (Å²) < 4.78 is 0. The molecule has 0 aromatic heterocycles. The number of hydrogen-bond acceptors (Lipinski definition) is 3. The summed E-state index contributed by atoms with van der Waals surface area (Å²) in [6.07, 6.45) is 1.71. The van der Waals surface area contributed by atoms with Crippen LogP contribution in [0, 0.1) is 6.92 Å². The molecular weight excluding hydrogens is 214 g/mol. The Balaban J connectivity index is 2.20. The zero-order valence-electron chi connectivity index (χ0n) is 9.46. The van der Waals surface area contributed by atoms with E-state index in [2.05, 4.69) is 4.99 Å². The molecule has 2 rings (SSSR count). The lowest BCUT2D eigenvalue weighted by atomic mass is 10.2. The van der Waals surface area contributed by atoms with Crippen molar-refractivity contribution in [2.24, 2.45) is 4.99 Å². The van der Waals surface area contributed by atoms with E-state index in [4.69, 9.17) is 5.11 Å². The molecule has 0 aliphatic rings. The number of aryl methyl sites for hydroxylation is 1. The van der Waals surface area contributed by atoms with Crippen LogP contribution in [0.1, 0.15) is 11.1 Å². The molecule has 0 fully saturated rings. The van der Waals surface area contributed by atoms with E-state index in [0.29, 0.717) is 0 Å². The van der Waals surface area contributed by atoms with Gasteiger partial charge in [0.2, 0.25) is 0 Å². The van der Waals surface area contributed by atoms with E-state index < -0.39 is 0 Å². The predicted molar refractivity (Wildman–Crippen MR) is 68.2 cm³/mol. The van der Waals surface area contributed by atoms with Crippen molar-refractivity contribution in [3.63, 3.8) is 0 Å². The smallest absolute Gasteiger partial charge is 0.118 e. The summed E-state index contributed by atoms with van der Waals surface area (Å²) in [6.45, 7) is 1.83. The lowest BCUT2D eigenvalue weighted by Gasteiger charge is -1.99. The Morgan fingerprint density at radius 2 is 1.71 bits per heavy atom. The monoisotopic (exact) mass is 227 g/mol. The Kier molecular flexibility index (Phi) is 3.10. The van der Waals surface area contributed by atoms with E-state index in [9.17, 15) is 5.11 Å². The molecule has 3 nitrogen and oxygen atoms in total. The number of nitrogens with zero attached hydrogens (tertiary/aromatic N) is 1. The average Bonchev–Trinajstić information content (AvgIpc) is 2.33. The fourth-order valence-electron chi connectivity index (χ4n) is 1.43. The van der Waals surface area contributed by atoms with E-state index in [1.807, 2.05) is 13.0 Å². The van der Waals surface area contributed by atoms with E-state index in [1.54, 1.807) is 42.6 Å². The zero-order chi connectivity index (χ0) is 12.3. The van der Waals surface area contributed by atoms with E-state index >= 15 is 0 Å². The molecule has 0 aliphatic carbocycles. The first-order valence-corrected chi connectivity index (χ1v) is 5.28. The summed E-state index contributed by atoms with van der Waals surface area (Å²) in [5.41, 5.74) is 2.49. The van der Waals surface area contributed by atoms with Gasteiger partial charge in [-0.2, -0.15) is 0 Å². The maximum absolute atomic E-state index is 9.38. The third-order valence-electron chi connectivity index (χ3n) is 2.44. The Bertz CT molecular complexity index is 545. The second-order valence-electron chi connectivity index (χ2n) is 3.82. The molecule has 0 unspecified atom stereocenters. The van der Waals surface area contributed by atoms with Gasteiger partial charge in [0.15, 0.2) is 0 Å². The molecule has 86 valence electrons. The summed E-state index contributed by atoms with van der Waals surface area (Å²) in [4.78, 5) is 4.29. The zero-order valence-corrected chi connectivity index (χ0v) is 9.46. The molecule has 0 aliphatic heterocycles. The molecule has 0 radical (unpaired) electrons. The molecule has 2 N–H and O–H groups in total. The summed E-state index contributed by atoms with van der Waals surface area (Å²) >= 11 is 0. The van der Waals surface area contributed by atoms with E-state index in [-0.39, 0.29) is 11.5 Å². The second kappa shape index (κ2) is 4.70.